The van der Waals surface area contributed by atoms with Crippen LogP contribution in [0.15, 0.2) is 70.5 Å². The van der Waals surface area contributed by atoms with E-state index in [1.807, 2.05) is 41.5 Å². The minimum atomic E-state index is -4.00. The van der Waals surface area contributed by atoms with Crippen molar-refractivity contribution in [3.8, 4) is 0 Å². The van der Waals surface area contributed by atoms with Crippen molar-refractivity contribution in [1.29, 1.82) is 0 Å². The van der Waals surface area contributed by atoms with Crippen LogP contribution in [0.5, 0.6) is 0 Å². The van der Waals surface area contributed by atoms with Gasteiger partial charge in [0, 0.05) is 5.92 Å². The van der Waals surface area contributed by atoms with E-state index in [1.165, 1.54) is 24.3 Å². The maximum absolute atomic E-state index is 10.4. The van der Waals surface area contributed by atoms with E-state index in [-0.39, 0.29) is 27.0 Å². The lowest BCUT2D eigenvalue weighted by Gasteiger charge is -2.34. The molecule has 3 atom stereocenters. The molecule has 0 aliphatic rings. The summed E-state index contributed by atoms with van der Waals surface area (Å²) in [5.74, 6) is 0.131. The van der Waals surface area contributed by atoms with Gasteiger partial charge in [-0.25, -0.2) is 0 Å². The lowest BCUT2D eigenvalue weighted by Crippen LogP contribution is -2.40. The molecule has 0 heterocycles. The van der Waals surface area contributed by atoms with Gasteiger partial charge < -0.3 is 10.2 Å². The summed E-state index contributed by atoms with van der Waals surface area (Å²) in [5, 5.41) is 19.7. The van der Waals surface area contributed by atoms with Gasteiger partial charge in [0.15, 0.2) is 0 Å². The van der Waals surface area contributed by atoms with Gasteiger partial charge in [-0.3, -0.25) is 9.11 Å². The fourth-order valence-corrected chi connectivity index (χ4v) is 3.77. The summed E-state index contributed by atoms with van der Waals surface area (Å²) >= 11 is 0. The molecule has 8 nitrogen and oxygen atoms in total. The smallest absolute Gasteiger partial charge is 0.294 e. The summed E-state index contributed by atoms with van der Waals surface area (Å²) < 4.78 is 58.5. The summed E-state index contributed by atoms with van der Waals surface area (Å²) in [7, 11) is -8.01. The summed E-state index contributed by atoms with van der Waals surface area (Å²) in [6.07, 6.45) is -0.876. The van der Waals surface area contributed by atoms with E-state index in [4.69, 9.17) is 9.11 Å². The molecule has 2 aromatic rings. The molecule has 0 aliphatic carbocycles. The number of aliphatic hydroxyl groups is 2. The molecule has 0 saturated carbocycles. The highest BCUT2D eigenvalue weighted by molar-refractivity contribution is 7.86. The summed E-state index contributed by atoms with van der Waals surface area (Å²) in [4.78, 5) is -0.148. The molecule has 2 rings (SSSR count). The van der Waals surface area contributed by atoms with E-state index in [2.05, 4.69) is 0 Å². The van der Waals surface area contributed by atoms with E-state index in [0.29, 0.717) is 0 Å². The second kappa shape index (κ2) is 13.2. The minimum absolute atomic E-state index is 0.0694. The van der Waals surface area contributed by atoms with Crippen LogP contribution in [0.1, 0.15) is 41.5 Å². The quantitative estimate of drug-likeness (QED) is 0.448. The third-order valence-corrected chi connectivity index (χ3v) is 6.42. The zero-order chi connectivity index (χ0) is 26.0. The fourth-order valence-electron chi connectivity index (χ4n) is 2.77. The van der Waals surface area contributed by atoms with E-state index in [9.17, 15) is 27.0 Å². The molecule has 0 amide bonds. The van der Waals surface area contributed by atoms with Crippen molar-refractivity contribution in [2.75, 3.05) is 0 Å². The predicted molar refractivity (Wildman–Crippen MR) is 128 cm³/mol. The van der Waals surface area contributed by atoms with E-state index in [0.717, 1.165) is 0 Å². The van der Waals surface area contributed by atoms with Crippen molar-refractivity contribution in [3.05, 3.63) is 60.7 Å². The van der Waals surface area contributed by atoms with Crippen LogP contribution in [0.3, 0.4) is 0 Å². The molecule has 0 spiro atoms. The Morgan fingerprint density at radius 3 is 1.15 bits per heavy atom. The van der Waals surface area contributed by atoms with Gasteiger partial charge in [0.25, 0.3) is 20.2 Å². The zero-order valence-corrected chi connectivity index (χ0v) is 21.5. The maximum Gasteiger partial charge on any atom is 0.294 e. The molecule has 3 unspecified atom stereocenters. The van der Waals surface area contributed by atoms with Crippen molar-refractivity contribution < 1.29 is 36.2 Å². The van der Waals surface area contributed by atoms with Crippen molar-refractivity contribution in [2.24, 2.45) is 17.3 Å². The molecular weight excluding hydrogens is 468 g/mol. The average molecular weight is 505 g/mol. The van der Waals surface area contributed by atoms with Crippen LogP contribution in [0.2, 0.25) is 0 Å². The molecule has 0 aliphatic heterocycles. The first kappa shape index (κ1) is 31.2. The SMILES string of the molecule is CC(C)C(O)C(C)C(O)C(C)(C)C.O=S(=O)(O)c1ccccc1.O=S(=O)(O)c1ccccc1. The zero-order valence-electron chi connectivity index (χ0n) is 19.8. The molecular formula is C23H36O8S2. The van der Waals surface area contributed by atoms with Crippen LogP contribution < -0.4 is 0 Å². The van der Waals surface area contributed by atoms with Crippen LogP contribution in [-0.2, 0) is 20.2 Å². The average Bonchev–Trinajstić information content (AvgIpc) is 2.72. The number of hydrogen-bond donors (Lipinski definition) is 4. The Morgan fingerprint density at radius 2 is 0.970 bits per heavy atom. The van der Waals surface area contributed by atoms with Gasteiger partial charge in [-0.15, -0.1) is 0 Å². The molecule has 0 saturated heterocycles. The van der Waals surface area contributed by atoms with Crippen LogP contribution >= 0.6 is 0 Å². The number of aliphatic hydroxyl groups excluding tert-OH is 2. The fraction of sp³-hybridized carbons (Fsp3) is 0.478. The molecule has 4 N–H and O–H groups in total. The van der Waals surface area contributed by atoms with Gasteiger partial charge in [-0.2, -0.15) is 16.8 Å². The van der Waals surface area contributed by atoms with E-state index >= 15 is 0 Å². The topological polar surface area (TPSA) is 149 Å². The first-order valence-electron chi connectivity index (χ1n) is 10.3. The van der Waals surface area contributed by atoms with Gasteiger partial charge in [0.2, 0.25) is 0 Å². The van der Waals surface area contributed by atoms with Crippen LogP contribution in [0.25, 0.3) is 0 Å². The van der Waals surface area contributed by atoms with Gasteiger partial charge >= 0.3 is 0 Å². The Balaban J connectivity index is 0.000000470. The summed E-state index contributed by atoms with van der Waals surface area (Å²) in [6, 6.07) is 14.8. The second-order valence-corrected chi connectivity index (χ2v) is 11.8. The first-order chi connectivity index (χ1) is 14.9. The summed E-state index contributed by atoms with van der Waals surface area (Å²) in [6.45, 7) is 11.8. The Bertz CT molecular complexity index is 946. The Labute approximate surface area is 197 Å². The molecule has 0 fully saturated rings. The largest absolute Gasteiger partial charge is 0.392 e. The van der Waals surface area contributed by atoms with Crippen molar-refractivity contribution in [1.82, 2.24) is 0 Å². The molecule has 2 aromatic carbocycles. The number of benzene rings is 2. The van der Waals surface area contributed by atoms with Crippen molar-refractivity contribution in [3.63, 3.8) is 0 Å². The maximum atomic E-state index is 10.4. The van der Waals surface area contributed by atoms with Crippen LogP contribution in [-0.4, -0.2) is 48.4 Å². The van der Waals surface area contributed by atoms with Gasteiger partial charge in [-0.1, -0.05) is 77.9 Å². The molecule has 33 heavy (non-hydrogen) atoms. The van der Waals surface area contributed by atoms with Crippen molar-refractivity contribution in [2.45, 2.75) is 63.5 Å². The normalized spacial score (nSPS) is 14.8. The van der Waals surface area contributed by atoms with Gasteiger partial charge in [-0.05, 0) is 35.6 Å². The molecule has 0 bridgehead atoms. The van der Waals surface area contributed by atoms with Crippen LogP contribution in [0.4, 0.5) is 0 Å². The Hall–Kier alpha value is -1.82. The minimum Gasteiger partial charge on any atom is -0.392 e. The van der Waals surface area contributed by atoms with E-state index < -0.39 is 32.4 Å². The van der Waals surface area contributed by atoms with Crippen molar-refractivity contribution >= 4 is 20.2 Å². The first-order valence-corrected chi connectivity index (χ1v) is 13.2. The van der Waals surface area contributed by atoms with Crippen LogP contribution in [0, 0.1) is 17.3 Å². The highest BCUT2D eigenvalue weighted by Crippen LogP contribution is 2.28. The third-order valence-electron chi connectivity index (χ3n) is 4.69. The molecule has 0 aromatic heterocycles. The van der Waals surface area contributed by atoms with Gasteiger partial charge in [0.05, 0.1) is 22.0 Å². The number of hydrogen-bond acceptors (Lipinski definition) is 6. The lowest BCUT2D eigenvalue weighted by atomic mass is 9.78. The highest BCUT2D eigenvalue weighted by atomic mass is 32.2. The second-order valence-electron chi connectivity index (χ2n) is 8.98. The lowest BCUT2D eigenvalue weighted by molar-refractivity contribution is -0.0501. The predicted octanol–water partition coefficient (Wildman–Crippen LogP) is 3.91. The number of rotatable bonds is 5. The molecule has 10 heteroatoms. The monoisotopic (exact) mass is 504 g/mol. The molecule has 188 valence electrons. The molecule has 0 radical (unpaired) electrons. The summed E-state index contributed by atoms with van der Waals surface area (Å²) in [5.41, 5.74) is -0.157. The highest BCUT2D eigenvalue weighted by Gasteiger charge is 2.32. The standard InChI is InChI=1S/C11H24O2.2C6H6O3S/c1-7(2)9(12)8(3)10(13)11(4,5)6;2*7-10(8,9)6-4-2-1-3-5-6/h7-10,12-13H,1-6H3;2*1-5H,(H,7,8,9). The third kappa shape index (κ3) is 12.3. The van der Waals surface area contributed by atoms with Gasteiger partial charge in [0.1, 0.15) is 0 Å². The Kier molecular flexibility index (Phi) is 12.4. The Morgan fingerprint density at radius 1 is 0.667 bits per heavy atom. The van der Waals surface area contributed by atoms with E-state index in [1.54, 1.807) is 36.4 Å².